The molecular formula is C11H17N3O3S. The zero-order chi connectivity index (χ0) is 13.9. The van der Waals surface area contributed by atoms with Gasteiger partial charge in [0.25, 0.3) is 5.91 Å². The average molecular weight is 271 g/mol. The molecule has 0 saturated heterocycles. The van der Waals surface area contributed by atoms with Crippen molar-refractivity contribution < 1.29 is 13.2 Å². The van der Waals surface area contributed by atoms with Crippen molar-refractivity contribution in [2.45, 2.75) is 13.0 Å². The van der Waals surface area contributed by atoms with Gasteiger partial charge in [0.15, 0.2) is 0 Å². The van der Waals surface area contributed by atoms with Crippen molar-refractivity contribution in [3.63, 3.8) is 0 Å². The fourth-order valence-corrected chi connectivity index (χ4v) is 2.64. The van der Waals surface area contributed by atoms with Crippen LogP contribution in [0.25, 0.3) is 0 Å². The van der Waals surface area contributed by atoms with Crippen LogP contribution in [0.1, 0.15) is 17.3 Å². The summed E-state index contributed by atoms with van der Waals surface area (Å²) in [4.78, 5) is 11.2. The minimum absolute atomic E-state index is 0.0322. The maximum atomic E-state index is 11.2. The van der Waals surface area contributed by atoms with Crippen molar-refractivity contribution in [2.75, 3.05) is 23.1 Å². The quantitative estimate of drug-likeness (QED) is 0.662. The first-order valence-electron chi connectivity index (χ1n) is 5.32. The van der Waals surface area contributed by atoms with Gasteiger partial charge in [0.2, 0.25) is 0 Å². The van der Waals surface area contributed by atoms with E-state index in [-0.39, 0.29) is 17.4 Å². The zero-order valence-electron chi connectivity index (χ0n) is 10.3. The van der Waals surface area contributed by atoms with E-state index in [9.17, 15) is 13.2 Å². The highest BCUT2D eigenvalue weighted by Gasteiger charge is 2.14. The fraction of sp³-hybridized carbons (Fsp3) is 0.364. The molecule has 0 radical (unpaired) electrons. The largest absolute Gasteiger partial charge is 0.399 e. The van der Waals surface area contributed by atoms with Gasteiger partial charge < -0.3 is 16.8 Å². The van der Waals surface area contributed by atoms with Gasteiger partial charge in [-0.15, -0.1) is 0 Å². The molecule has 0 aromatic heterocycles. The van der Waals surface area contributed by atoms with Crippen LogP contribution in [0.5, 0.6) is 0 Å². The Hall–Kier alpha value is -1.76. The summed E-state index contributed by atoms with van der Waals surface area (Å²) in [6, 6.07) is 4.34. The molecule has 7 heteroatoms. The Kier molecular flexibility index (Phi) is 4.18. The first-order valence-corrected chi connectivity index (χ1v) is 7.38. The van der Waals surface area contributed by atoms with Crippen LogP contribution >= 0.6 is 0 Å². The molecule has 0 heterocycles. The van der Waals surface area contributed by atoms with E-state index in [0.717, 1.165) is 6.26 Å². The van der Waals surface area contributed by atoms with Crippen LogP contribution in [0.2, 0.25) is 0 Å². The summed E-state index contributed by atoms with van der Waals surface area (Å²) in [6.07, 6.45) is 1.16. The number of rotatable bonds is 5. The van der Waals surface area contributed by atoms with Gasteiger partial charge in [0, 0.05) is 23.7 Å². The van der Waals surface area contributed by atoms with Gasteiger partial charge in [-0.2, -0.15) is 0 Å². The average Bonchev–Trinajstić information content (AvgIpc) is 2.17. The second kappa shape index (κ2) is 5.26. The van der Waals surface area contributed by atoms with E-state index in [4.69, 9.17) is 11.5 Å². The molecular weight excluding hydrogens is 254 g/mol. The lowest BCUT2D eigenvalue weighted by Crippen LogP contribution is -2.26. The number of sulfone groups is 1. The highest BCUT2D eigenvalue weighted by molar-refractivity contribution is 7.90. The molecule has 6 nitrogen and oxygen atoms in total. The summed E-state index contributed by atoms with van der Waals surface area (Å²) >= 11 is 0. The summed E-state index contributed by atoms with van der Waals surface area (Å²) in [5.74, 6) is -0.647. The Balaban J connectivity index is 2.94. The predicted molar refractivity (Wildman–Crippen MR) is 72.2 cm³/mol. The predicted octanol–water partition coefficient (Wildman–Crippen LogP) is 0.213. The molecule has 1 unspecified atom stereocenters. The van der Waals surface area contributed by atoms with Gasteiger partial charge in [0.1, 0.15) is 9.84 Å². The number of nitrogens with two attached hydrogens (primary N) is 2. The number of amides is 1. The van der Waals surface area contributed by atoms with Crippen molar-refractivity contribution in [3.8, 4) is 0 Å². The summed E-state index contributed by atoms with van der Waals surface area (Å²) in [7, 11) is -3.09. The second-order valence-corrected chi connectivity index (χ2v) is 6.49. The standard InChI is InChI=1S/C11H17N3O3S/c1-7(6-18(2,16)17)14-10-4-3-8(12)5-9(10)11(13)15/h3-5,7,14H,6,12H2,1-2H3,(H2,13,15). The van der Waals surface area contributed by atoms with Crippen molar-refractivity contribution >= 4 is 27.1 Å². The summed E-state index contributed by atoms with van der Waals surface area (Å²) in [5, 5.41) is 2.94. The number of hydrogen-bond donors (Lipinski definition) is 3. The minimum Gasteiger partial charge on any atom is -0.399 e. The lowest BCUT2D eigenvalue weighted by molar-refractivity contribution is 0.100. The monoisotopic (exact) mass is 271 g/mol. The smallest absolute Gasteiger partial charge is 0.250 e. The van der Waals surface area contributed by atoms with E-state index < -0.39 is 15.7 Å². The molecule has 5 N–H and O–H groups in total. The fourth-order valence-electron chi connectivity index (χ4n) is 1.65. The van der Waals surface area contributed by atoms with Crippen LogP contribution < -0.4 is 16.8 Å². The SMILES string of the molecule is CC(CS(C)(=O)=O)Nc1ccc(N)cc1C(N)=O. The number of hydrogen-bond acceptors (Lipinski definition) is 5. The zero-order valence-corrected chi connectivity index (χ0v) is 11.1. The van der Waals surface area contributed by atoms with Gasteiger partial charge in [-0.05, 0) is 25.1 Å². The van der Waals surface area contributed by atoms with Crippen molar-refractivity contribution in [3.05, 3.63) is 23.8 Å². The molecule has 1 aromatic rings. The Labute approximate surface area is 106 Å². The van der Waals surface area contributed by atoms with Crippen LogP contribution in [0.4, 0.5) is 11.4 Å². The van der Waals surface area contributed by atoms with Crippen molar-refractivity contribution in [2.24, 2.45) is 5.73 Å². The molecule has 0 aliphatic carbocycles. The Morgan fingerprint density at radius 1 is 1.44 bits per heavy atom. The van der Waals surface area contributed by atoms with Gasteiger partial charge in [-0.25, -0.2) is 8.42 Å². The molecule has 18 heavy (non-hydrogen) atoms. The maximum Gasteiger partial charge on any atom is 0.250 e. The molecule has 0 spiro atoms. The Morgan fingerprint density at radius 3 is 2.56 bits per heavy atom. The third-order valence-corrected chi connectivity index (χ3v) is 3.37. The van der Waals surface area contributed by atoms with E-state index in [1.165, 1.54) is 6.07 Å². The summed E-state index contributed by atoms with van der Waals surface area (Å²) < 4.78 is 22.3. The highest BCUT2D eigenvalue weighted by Crippen LogP contribution is 2.19. The number of benzene rings is 1. The third kappa shape index (κ3) is 4.25. The van der Waals surface area contributed by atoms with E-state index in [2.05, 4.69) is 5.32 Å². The van der Waals surface area contributed by atoms with Gasteiger partial charge >= 0.3 is 0 Å². The summed E-state index contributed by atoms with van der Waals surface area (Å²) in [5.41, 5.74) is 11.9. The third-order valence-electron chi connectivity index (χ3n) is 2.26. The number of nitrogen functional groups attached to an aromatic ring is 1. The van der Waals surface area contributed by atoms with Gasteiger partial charge in [0.05, 0.1) is 11.3 Å². The van der Waals surface area contributed by atoms with Crippen LogP contribution in [0.3, 0.4) is 0 Å². The number of primary amides is 1. The second-order valence-electron chi connectivity index (χ2n) is 4.31. The van der Waals surface area contributed by atoms with Crippen molar-refractivity contribution in [1.29, 1.82) is 0 Å². The van der Waals surface area contributed by atoms with E-state index in [1.54, 1.807) is 19.1 Å². The molecule has 0 fully saturated rings. The molecule has 0 aliphatic heterocycles. The number of nitrogens with one attached hydrogen (secondary N) is 1. The van der Waals surface area contributed by atoms with E-state index in [0.29, 0.717) is 11.4 Å². The van der Waals surface area contributed by atoms with Crippen LogP contribution in [-0.2, 0) is 9.84 Å². The van der Waals surface area contributed by atoms with Gasteiger partial charge in [-0.1, -0.05) is 0 Å². The molecule has 0 bridgehead atoms. The Bertz CT molecular complexity index is 555. The number of carbonyl (C=O) groups is 1. The first kappa shape index (κ1) is 14.3. The molecule has 1 amide bonds. The van der Waals surface area contributed by atoms with E-state index >= 15 is 0 Å². The van der Waals surface area contributed by atoms with Gasteiger partial charge in [-0.3, -0.25) is 4.79 Å². The summed E-state index contributed by atoms with van der Waals surface area (Å²) in [6.45, 7) is 1.71. The molecule has 1 atom stereocenters. The van der Waals surface area contributed by atoms with Crippen LogP contribution in [0.15, 0.2) is 18.2 Å². The minimum atomic E-state index is -3.09. The maximum absolute atomic E-state index is 11.2. The lowest BCUT2D eigenvalue weighted by Gasteiger charge is -2.16. The van der Waals surface area contributed by atoms with E-state index in [1.807, 2.05) is 0 Å². The highest BCUT2D eigenvalue weighted by atomic mass is 32.2. The molecule has 0 saturated carbocycles. The molecule has 1 rings (SSSR count). The first-order chi connectivity index (χ1) is 8.19. The topological polar surface area (TPSA) is 115 Å². The Morgan fingerprint density at radius 2 is 2.06 bits per heavy atom. The van der Waals surface area contributed by atoms with Crippen LogP contribution in [-0.4, -0.2) is 32.4 Å². The van der Waals surface area contributed by atoms with Crippen molar-refractivity contribution in [1.82, 2.24) is 0 Å². The lowest BCUT2D eigenvalue weighted by atomic mass is 10.1. The number of anilines is 2. The normalized spacial score (nSPS) is 13.0. The molecule has 1 aromatic carbocycles. The molecule has 0 aliphatic rings. The number of carbonyl (C=O) groups excluding carboxylic acids is 1. The molecule has 100 valence electrons. The van der Waals surface area contributed by atoms with Crippen LogP contribution in [0, 0.1) is 0 Å².